The number of hydrogen-bond donors (Lipinski definition) is 0. The average molecular weight is 361 g/mol. The number of benzene rings is 1. The third-order valence-electron chi connectivity index (χ3n) is 2.28. The van der Waals surface area contributed by atoms with E-state index in [0.717, 1.165) is 6.07 Å². The van der Waals surface area contributed by atoms with Crippen molar-refractivity contribution >= 4 is 38.4 Å². The van der Waals surface area contributed by atoms with Crippen molar-refractivity contribution in [1.29, 1.82) is 0 Å². The Morgan fingerprint density at radius 2 is 1.84 bits per heavy atom. The fourth-order valence-corrected chi connectivity index (χ4v) is 2.27. The van der Waals surface area contributed by atoms with Gasteiger partial charge in [-0.2, -0.15) is 8.78 Å². The summed E-state index contributed by atoms with van der Waals surface area (Å²) < 4.78 is 64.5. The minimum absolute atomic E-state index is 0.0597. The van der Waals surface area contributed by atoms with Crippen molar-refractivity contribution in [3.05, 3.63) is 33.4 Å². The van der Waals surface area contributed by atoms with E-state index in [2.05, 4.69) is 25.9 Å². The van der Waals surface area contributed by atoms with E-state index < -0.39 is 34.7 Å². The molecule has 1 aromatic carbocycles. The first-order valence-electron chi connectivity index (χ1n) is 4.73. The first kappa shape index (κ1) is 14.4. The van der Waals surface area contributed by atoms with Crippen LogP contribution in [0.2, 0.25) is 5.15 Å². The molecule has 2 rings (SSSR count). The van der Waals surface area contributed by atoms with E-state index in [9.17, 15) is 22.0 Å². The Morgan fingerprint density at radius 1 is 1.21 bits per heavy atom. The first-order valence-corrected chi connectivity index (χ1v) is 5.90. The number of hydrogen-bond acceptors (Lipinski definition) is 2. The molecule has 0 amide bonds. The zero-order chi connectivity index (χ0) is 14.4. The highest BCUT2D eigenvalue weighted by Gasteiger charge is 2.46. The Hall–Kier alpha value is -1.02. The van der Waals surface area contributed by atoms with Gasteiger partial charge in [-0.15, -0.1) is 0 Å². The van der Waals surface area contributed by atoms with Crippen LogP contribution in [-0.2, 0) is 5.92 Å². The molecule has 2 aromatic rings. The summed E-state index contributed by atoms with van der Waals surface area (Å²) in [4.78, 5) is 6.28. The molecule has 1 heterocycles. The van der Waals surface area contributed by atoms with E-state index in [1.165, 1.54) is 6.07 Å². The van der Waals surface area contributed by atoms with Gasteiger partial charge in [0, 0.05) is 4.47 Å². The quantitative estimate of drug-likeness (QED) is 0.580. The highest BCUT2D eigenvalue weighted by Crippen LogP contribution is 2.36. The van der Waals surface area contributed by atoms with Crippen molar-refractivity contribution in [3.63, 3.8) is 0 Å². The Kier molecular flexibility index (Phi) is 3.65. The lowest BCUT2D eigenvalue weighted by atomic mass is 10.2. The number of aromatic nitrogens is 2. The monoisotopic (exact) mass is 360 g/mol. The van der Waals surface area contributed by atoms with Crippen LogP contribution in [0.3, 0.4) is 0 Å². The SMILES string of the molecule is Fc1ccc(Br)c2c(Cl)nc(C(F)(F)C(F)F)nc12. The molecule has 0 aliphatic carbocycles. The average Bonchev–Trinajstić information content (AvgIpc) is 2.33. The molecule has 0 atom stereocenters. The lowest BCUT2D eigenvalue weighted by molar-refractivity contribution is -0.140. The van der Waals surface area contributed by atoms with Gasteiger partial charge >= 0.3 is 12.3 Å². The highest BCUT2D eigenvalue weighted by molar-refractivity contribution is 9.10. The standard InChI is InChI=1S/C10H3BrClF5N2/c11-3-1-2-4(13)6-5(3)7(12)19-9(18-6)10(16,17)8(14)15/h1-2,8H. The molecule has 2 nitrogen and oxygen atoms in total. The van der Waals surface area contributed by atoms with Crippen LogP contribution < -0.4 is 0 Å². The van der Waals surface area contributed by atoms with Gasteiger partial charge in [0.25, 0.3) is 0 Å². The van der Waals surface area contributed by atoms with E-state index in [-0.39, 0.29) is 9.86 Å². The van der Waals surface area contributed by atoms with Gasteiger partial charge in [-0.1, -0.05) is 11.6 Å². The number of halogens is 7. The van der Waals surface area contributed by atoms with Crippen LogP contribution in [0.4, 0.5) is 22.0 Å². The summed E-state index contributed by atoms with van der Waals surface area (Å²) in [5, 5.41) is -0.595. The zero-order valence-corrected chi connectivity index (χ0v) is 11.1. The normalized spacial score (nSPS) is 12.4. The third-order valence-corrected chi connectivity index (χ3v) is 3.21. The molecule has 102 valence electrons. The smallest absolute Gasteiger partial charge is 0.224 e. The van der Waals surface area contributed by atoms with E-state index in [4.69, 9.17) is 11.6 Å². The summed E-state index contributed by atoms with van der Waals surface area (Å²) >= 11 is 8.64. The molecule has 1 aromatic heterocycles. The van der Waals surface area contributed by atoms with Crippen molar-refractivity contribution in [2.75, 3.05) is 0 Å². The van der Waals surface area contributed by atoms with Gasteiger partial charge in [0.15, 0.2) is 0 Å². The van der Waals surface area contributed by atoms with Gasteiger partial charge in [0.05, 0.1) is 5.39 Å². The van der Waals surface area contributed by atoms with E-state index in [1.807, 2.05) is 0 Å². The van der Waals surface area contributed by atoms with Crippen LogP contribution in [-0.4, -0.2) is 16.4 Å². The van der Waals surface area contributed by atoms with Crippen LogP contribution in [0.5, 0.6) is 0 Å². The van der Waals surface area contributed by atoms with E-state index in [0.29, 0.717) is 0 Å². The molecular weight excluding hydrogens is 358 g/mol. The Labute approximate surface area is 116 Å². The molecule has 0 N–H and O–H groups in total. The summed E-state index contributed by atoms with van der Waals surface area (Å²) in [5.74, 6) is -7.09. The van der Waals surface area contributed by atoms with Gasteiger partial charge in [-0.25, -0.2) is 23.1 Å². The fraction of sp³-hybridized carbons (Fsp3) is 0.200. The number of fused-ring (bicyclic) bond motifs is 1. The summed E-state index contributed by atoms with van der Waals surface area (Å²) in [6.07, 6.45) is -4.02. The van der Waals surface area contributed by atoms with Crippen molar-refractivity contribution in [3.8, 4) is 0 Å². The summed E-state index contributed by atoms with van der Waals surface area (Å²) in [6.45, 7) is 0. The second-order valence-corrected chi connectivity index (χ2v) is 4.73. The maximum absolute atomic E-state index is 13.5. The molecular formula is C10H3BrClF5N2. The minimum Gasteiger partial charge on any atom is -0.224 e. The van der Waals surface area contributed by atoms with Gasteiger partial charge in [-0.3, -0.25) is 0 Å². The third kappa shape index (κ3) is 2.38. The maximum Gasteiger partial charge on any atom is 0.365 e. The van der Waals surface area contributed by atoms with E-state index >= 15 is 0 Å². The first-order chi connectivity index (χ1) is 8.75. The highest BCUT2D eigenvalue weighted by atomic mass is 79.9. The van der Waals surface area contributed by atoms with Gasteiger partial charge in [0.2, 0.25) is 5.82 Å². The molecule has 0 aliphatic rings. The van der Waals surface area contributed by atoms with Crippen molar-refractivity contribution in [1.82, 2.24) is 9.97 Å². The lowest BCUT2D eigenvalue weighted by Crippen LogP contribution is -2.26. The van der Waals surface area contributed by atoms with Crippen LogP contribution >= 0.6 is 27.5 Å². The molecule has 0 spiro atoms. The predicted molar refractivity (Wildman–Crippen MR) is 62.1 cm³/mol. The fourth-order valence-electron chi connectivity index (χ4n) is 1.37. The molecule has 0 radical (unpaired) electrons. The van der Waals surface area contributed by atoms with Crippen molar-refractivity contribution in [2.24, 2.45) is 0 Å². The maximum atomic E-state index is 13.5. The number of rotatable bonds is 2. The molecule has 0 aliphatic heterocycles. The summed E-state index contributed by atoms with van der Waals surface area (Å²) in [6, 6.07) is 2.22. The molecule has 0 fully saturated rings. The minimum atomic E-state index is -4.60. The zero-order valence-electron chi connectivity index (χ0n) is 8.77. The van der Waals surface area contributed by atoms with Gasteiger partial charge < -0.3 is 0 Å². The van der Waals surface area contributed by atoms with Crippen LogP contribution in [0.15, 0.2) is 16.6 Å². The Morgan fingerprint density at radius 3 is 2.42 bits per heavy atom. The summed E-state index contributed by atoms with van der Waals surface area (Å²) in [5.41, 5.74) is -0.551. The lowest BCUT2D eigenvalue weighted by Gasteiger charge is -2.15. The van der Waals surface area contributed by atoms with Crippen molar-refractivity contribution in [2.45, 2.75) is 12.3 Å². The molecule has 0 saturated carbocycles. The topological polar surface area (TPSA) is 25.8 Å². The number of alkyl halides is 4. The van der Waals surface area contributed by atoms with Crippen LogP contribution in [0.1, 0.15) is 5.82 Å². The second kappa shape index (κ2) is 4.82. The van der Waals surface area contributed by atoms with Crippen LogP contribution in [0.25, 0.3) is 10.9 Å². The largest absolute Gasteiger partial charge is 0.365 e. The molecule has 0 saturated heterocycles. The second-order valence-electron chi connectivity index (χ2n) is 3.51. The number of nitrogens with zero attached hydrogens (tertiary/aromatic N) is 2. The molecule has 0 bridgehead atoms. The predicted octanol–water partition coefficient (Wildman–Crippen LogP) is 4.54. The Balaban J connectivity index is 2.79. The summed E-state index contributed by atoms with van der Waals surface area (Å²) in [7, 11) is 0. The molecule has 9 heteroatoms. The molecule has 0 unspecified atom stereocenters. The van der Waals surface area contributed by atoms with Gasteiger partial charge in [-0.05, 0) is 28.1 Å². The van der Waals surface area contributed by atoms with Crippen LogP contribution in [0, 0.1) is 5.82 Å². The molecule has 19 heavy (non-hydrogen) atoms. The van der Waals surface area contributed by atoms with Gasteiger partial charge in [0.1, 0.15) is 16.5 Å². The van der Waals surface area contributed by atoms with E-state index in [1.54, 1.807) is 0 Å². The Bertz CT molecular complexity index is 649. The van der Waals surface area contributed by atoms with Crippen molar-refractivity contribution < 1.29 is 22.0 Å².